The van der Waals surface area contributed by atoms with Crippen molar-refractivity contribution in [1.29, 1.82) is 0 Å². The highest BCUT2D eigenvalue weighted by Gasteiger charge is 1.95. The van der Waals surface area contributed by atoms with Gasteiger partial charge in [0.15, 0.2) is 0 Å². The number of unbranched alkanes of at least 4 members (excludes halogenated alkanes) is 6. The van der Waals surface area contributed by atoms with Crippen molar-refractivity contribution in [3.8, 4) is 0 Å². The largest absolute Gasteiger partial charge is 0.469 e. The smallest absolute Gasteiger partial charge is 0.305 e. The molecule has 0 unspecified atom stereocenters. The van der Waals surface area contributed by atoms with E-state index in [1.54, 1.807) is 0 Å². The van der Waals surface area contributed by atoms with E-state index < -0.39 is 0 Å². The molecule has 0 aromatic rings. The number of hydrogen-bond acceptors (Lipinski definition) is 2. The van der Waals surface area contributed by atoms with Crippen LogP contribution < -0.4 is 0 Å². The van der Waals surface area contributed by atoms with Gasteiger partial charge >= 0.3 is 5.97 Å². The lowest BCUT2D eigenvalue weighted by Crippen LogP contribution is -1.97. The lowest BCUT2D eigenvalue weighted by Gasteiger charge is -1.96. The minimum atomic E-state index is -0.125. The Balaban J connectivity index is 3.20. The van der Waals surface area contributed by atoms with E-state index in [-0.39, 0.29) is 5.97 Å². The molecule has 0 spiro atoms. The minimum Gasteiger partial charge on any atom is -0.469 e. The highest BCUT2D eigenvalue weighted by atomic mass is 16.5. The van der Waals surface area contributed by atoms with E-state index in [0.29, 0.717) is 6.42 Å². The molecule has 0 fully saturated rings. The van der Waals surface area contributed by atoms with E-state index in [2.05, 4.69) is 36.0 Å². The molecule has 0 aromatic heterocycles. The number of hydrogen-bond donors (Lipinski definition) is 0. The maximum atomic E-state index is 10.9. The first-order valence-electron chi connectivity index (χ1n) is 7.68. The standard InChI is InChI=1S/C17H30O2/c1-3-4-5-6-7-8-9-10-11-12-13-14-15-16-17(18)19-2/h6-7,13-14H,3-5,8-12,15-16H2,1-2H3/b7-6+,14-13+. The van der Waals surface area contributed by atoms with Crippen molar-refractivity contribution < 1.29 is 9.53 Å². The molecule has 0 aliphatic rings. The van der Waals surface area contributed by atoms with Crippen molar-refractivity contribution in [2.45, 2.75) is 71.1 Å². The molecule has 0 heterocycles. The number of allylic oxidation sites excluding steroid dienone is 4. The molecule has 0 saturated carbocycles. The second kappa shape index (κ2) is 15.0. The third kappa shape index (κ3) is 14.9. The summed E-state index contributed by atoms with van der Waals surface area (Å²) in [6.07, 6.45) is 20.2. The summed E-state index contributed by atoms with van der Waals surface area (Å²) in [5.74, 6) is -0.125. The van der Waals surface area contributed by atoms with E-state index in [1.807, 2.05) is 0 Å². The Morgan fingerprint density at radius 3 is 1.89 bits per heavy atom. The highest BCUT2D eigenvalue weighted by Crippen LogP contribution is 2.06. The summed E-state index contributed by atoms with van der Waals surface area (Å²) in [5.41, 5.74) is 0. The topological polar surface area (TPSA) is 26.3 Å². The quantitative estimate of drug-likeness (QED) is 0.276. The molecule has 0 radical (unpaired) electrons. The molecule has 0 atom stereocenters. The van der Waals surface area contributed by atoms with E-state index >= 15 is 0 Å². The van der Waals surface area contributed by atoms with Crippen LogP contribution in [0, 0.1) is 0 Å². The first-order chi connectivity index (χ1) is 9.31. The predicted molar refractivity (Wildman–Crippen MR) is 82.1 cm³/mol. The molecular formula is C17H30O2. The van der Waals surface area contributed by atoms with Gasteiger partial charge in [-0.15, -0.1) is 0 Å². The number of carbonyl (C=O) groups is 1. The molecular weight excluding hydrogens is 236 g/mol. The fourth-order valence-electron chi connectivity index (χ4n) is 1.80. The average Bonchev–Trinajstić information content (AvgIpc) is 2.43. The zero-order valence-electron chi connectivity index (χ0n) is 12.7. The Labute approximate surface area is 118 Å². The highest BCUT2D eigenvalue weighted by molar-refractivity contribution is 5.69. The second-order valence-corrected chi connectivity index (χ2v) is 4.84. The maximum absolute atomic E-state index is 10.9. The molecule has 0 aromatic carbocycles. The molecule has 0 bridgehead atoms. The molecule has 110 valence electrons. The van der Waals surface area contributed by atoms with Crippen LogP contribution in [0.25, 0.3) is 0 Å². The van der Waals surface area contributed by atoms with Gasteiger partial charge in [-0.3, -0.25) is 4.79 Å². The fourth-order valence-corrected chi connectivity index (χ4v) is 1.80. The molecule has 19 heavy (non-hydrogen) atoms. The molecule has 0 saturated heterocycles. The number of methoxy groups -OCH3 is 1. The lowest BCUT2D eigenvalue weighted by molar-refractivity contribution is -0.140. The molecule has 2 heteroatoms. The van der Waals surface area contributed by atoms with Crippen LogP contribution in [0.1, 0.15) is 71.1 Å². The molecule has 0 amide bonds. The number of carbonyl (C=O) groups excluding carboxylic acids is 1. The maximum Gasteiger partial charge on any atom is 0.305 e. The normalized spacial score (nSPS) is 11.5. The monoisotopic (exact) mass is 266 g/mol. The van der Waals surface area contributed by atoms with Crippen LogP contribution in [0.2, 0.25) is 0 Å². The Bertz CT molecular complexity index is 254. The summed E-state index contributed by atoms with van der Waals surface area (Å²) in [6.45, 7) is 2.23. The van der Waals surface area contributed by atoms with Crippen LogP contribution in [-0.2, 0) is 9.53 Å². The molecule has 0 rings (SSSR count). The van der Waals surface area contributed by atoms with Crippen molar-refractivity contribution in [2.75, 3.05) is 7.11 Å². The Hall–Kier alpha value is -1.05. The van der Waals surface area contributed by atoms with Crippen LogP contribution in [0.15, 0.2) is 24.3 Å². The summed E-state index contributed by atoms with van der Waals surface area (Å²) in [6, 6.07) is 0. The van der Waals surface area contributed by atoms with E-state index in [4.69, 9.17) is 0 Å². The predicted octanol–water partition coefficient (Wildman–Crippen LogP) is 5.19. The number of ether oxygens (including phenoxy) is 1. The average molecular weight is 266 g/mol. The summed E-state index contributed by atoms with van der Waals surface area (Å²) in [7, 11) is 1.43. The van der Waals surface area contributed by atoms with Crippen LogP contribution >= 0.6 is 0 Å². The van der Waals surface area contributed by atoms with Crippen LogP contribution in [0.5, 0.6) is 0 Å². The second-order valence-electron chi connectivity index (χ2n) is 4.84. The Morgan fingerprint density at radius 2 is 1.37 bits per heavy atom. The molecule has 0 aliphatic carbocycles. The first-order valence-corrected chi connectivity index (χ1v) is 7.68. The molecule has 0 N–H and O–H groups in total. The zero-order valence-corrected chi connectivity index (χ0v) is 12.7. The van der Waals surface area contributed by atoms with Gasteiger partial charge in [0, 0.05) is 6.42 Å². The summed E-state index contributed by atoms with van der Waals surface area (Å²) < 4.78 is 4.58. The van der Waals surface area contributed by atoms with Gasteiger partial charge in [-0.05, 0) is 38.5 Å². The van der Waals surface area contributed by atoms with Crippen molar-refractivity contribution in [3.63, 3.8) is 0 Å². The van der Waals surface area contributed by atoms with Gasteiger partial charge in [0.25, 0.3) is 0 Å². The molecule has 0 aliphatic heterocycles. The van der Waals surface area contributed by atoms with E-state index in [1.165, 1.54) is 52.1 Å². The summed E-state index contributed by atoms with van der Waals surface area (Å²) >= 11 is 0. The third-order valence-corrected chi connectivity index (χ3v) is 3.04. The van der Waals surface area contributed by atoms with Crippen molar-refractivity contribution >= 4 is 5.97 Å². The van der Waals surface area contributed by atoms with E-state index in [0.717, 1.165) is 12.8 Å². The van der Waals surface area contributed by atoms with Crippen LogP contribution in [0.4, 0.5) is 0 Å². The van der Waals surface area contributed by atoms with Crippen LogP contribution in [0.3, 0.4) is 0 Å². The third-order valence-electron chi connectivity index (χ3n) is 3.04. The summed E-state index contributed by atoms with van der Waals surface area (Å²) in [4.78, 5) is 10.9. The minimum absolute atomic E-state index is 0.125. The van der Waals surface area contributed by atoms with Crippen LogP contribution in [-0.4, -0.2) is 13.1 Å². The van der Waals surface area contributed by atoms with Crippen molar-refractivity contribution in [3.05, 3.63) is 24.3 Å². The lowest BCUT2D eigenvalue weighted by atomic mass is 10.1. The first kappa shape index (κ1) is 17.9. The summed E-state index contributed by atoms with van der Waals surface area (Å²) in [5, 5.41) is 0. The fraction of sp³-hybridized carbons (Fsp3) is 0.706. The molecule has 2 nitrogen and oxygen atoms in total. The van der Waals surface area contributed by atoms with Gasteiger partial charge in [-0.2, -0.15) is 0 Å². The van der Waals surface area contributed by atoms with Gasteiger partial charge in [0.2, 0.25) is 0 Å². The Kier molecular flexibility index (Phi) is 14.2. The van der Waals surface area contributed by atoms with Gasteiger partial charge in [0.1, 0.15) is 0 Å². The van der Waals surface area contributed by atoms with Crippen molar-refractivity contribution in [2.24, 2.45) is 0 Å². The number of rotatable bonds is 12. The van der Waals surface area contributed by atoms with Crippen molar-refractivity contribution in [1.82, 2.24) is 0 Å². The van der Waals surface area contributed by atoms with Gasteiger partial charge in [-0.1, -0.05) is 50.5 Å². The zero-order chi connectivity index (χ0) is 14.2. The van der Waals surface area contributed by atoms with E-state index in [9.17, 15) is 4.79 Å². The van der Waals surface area contributed by atoms with Gasteiger partial charge in [-0.25, -0.2) is 0 Å². The number of esters is 1. The van der Waals surface area contributed by atoms with Gasteiger partial charge in [0.05, 0.1) is 7.11 Å². The Morgan fingerprint density at radius 1 is 0.842 bits per heavy atom. The van der Waals surface area contributed by atoms with Gasteiger partial charge < -0.3 is 4.74 Å². The SMILES string of the molecule is CCCC/C=C/CCCCC/C=C/CCC(=O)OC.